The van der Waals surface area contributed by atoms with Gasteiger partial charge in [0.2, 0.25) is 0 Å². The Morgan fingerprint density at radius 2 is 2.00 bits per heavy atom. The minimum Gasteiger partial charge on any atom is -0.398 e. The molecule has 0 aliphatic rings. The predicted octanol–water partition coefficient (Wildman–Crippen LogP) is 4.33. The number of hydrogen-bond donors (Lipinski definition) is 1. The number of benzene rings is 2. The highest BCUT2D eigenvalue weighted by molar-refractivity contribution is 9.10. The minimum absolute atomic E-state index is 0.289. The van der Waals surface area contributed by atoms with Gasteiger partial charge in [-0.1, -0.05) is 18.2 Å². The first-order valence-corrected chi connectivity index (χ1v) is 7.46. The maximum Gasteiger partial charge on any atom is 0.0723 e. The van der Waals surface area contributed by atoms with Gasteiger partial charge in [0.1, 0.15) is 0 Å². The van der Waals surface area contributed by atoms with E-state index in [9.17, 15) is 0 Å². The maximum atomic E-state index is 8.89. The van der Waals surface area contributed by atoms with Crippen LogP contribution in [0, 0.1) is 11.3 Å². The van der Waals surface area contributed by atoms with E-state index >= 15 is 0 Å². The number of anilines is 3. The molecule has 0 atom stereocenters. The summed E-state index contributed by atoms with van der Waals surface area (Å²) in [6, 6.07) is 17.7. The molecule has 0 amide bonds. The number of hydrogen-bond acceptors (Lipinski definition) is 4. The van der Waals surface area contributed by atoms with Crippen molar-refractivity contribution in [1.29, 1.82) is 5.26 Å². The highest BCUT2D eigenvalue weighted by Crippen LogP contribution is 2.35. The number of halogens is 1. The summed E-state index contributed by atoms with van der Waals surface area (Å²) in [5, 5.41) is 9.94. The van der Waals surface area contributed by atoms with Gasteiger partial charge in [0.15, 0.2) is 0 Å². The summed E-state index contributed by atoms with van der Waals surface area (Å²) in [5.74, 6) is 0. The highest BCUT2D eigenvalue weighted by atomic mass is 79.9. The molecule has 0 bridgehead atoms. The van der Waals surface area contributed by atoms with E-state index in [2.05, 4.69) is 27.2 Å². The number of nitrogens with zero attached hydrogens (tertiary/aromatic N) is 3. The molecule has 2 aromatic carbocycles. The molecule has 0 saturated heterocycles. The third-order valence-corrected chi connectivity index (χ3v) is 4.25. The second-order valence-corrected chi connectivity index (χ2v) is 5.56. The Balaban J connectivity index is 2.08. The van der Waals surface area contributed by atoms with Crippen LogP contribution in [0.2, 0.25) is 0 Å². The molecule has 2 N–H and O–H groups in total. The predicted molar refractivity (Wildman–Crippen MR) is 93.0 cm³/mol. The molecule has 0 saturated carbocycles. The van der Waals surface area contributed by atoms with Crippen molar-refractivity contribution < 1.29 is 0 Å². The van der Waals surface area contributed by atoms with E-state index in [-0.39, 0.29) is 6.42 Å². The van der Waals surface area contributed by atoms with Crippen LogP contribution in [0.5, 0.6) is 0 Å². The van der Waals surface area contributed by atoms with E-state index in [0.717, 1.165) is 27.8 Å². The van der Waals surface area contributed by atoms with Gasteiger partial charge in [-0.05, 0) is 35.9 Å². The number of fused-ring (bicyclic) bond motifs is 1. The molecule has 0 aliphatic heterocycles. The van der Waals surface area contributed by atoms with Crippen molar-refractivity contribution >= 4 is 44.1 Å². The van der Waals surface area contributed by atoms with Crippen molar-refractivity contribution in [3.05, 3.63) is 60.3 Å². The van der Waals surface area contributed by atoms with Crippen molar-refractivity contribution in [2.24, 2.45) is 0 Å². The standard InChI is InChI=1S/C17H13BrN4/c18-22(13-5-6-15(20)12(11-13)7-9-19)17-8-10-21-16-4-2-1-3-14(16)17/h1-6,8,10-11H,7,20H2. The van der Waals surface area contributed by atoms with Crippen LogP contribution in [0.25, 0.3) is 10.9 Å². The zero-order valence-corrected chi connectivity index (χ0v) is 13.3. The first kappa shape index (κ1) is 14.4. The molecular weight excluding hydrogens is 340 g/mol. The molecule has 22 heavy (non-hydrogen) atoms. The summed E-state index contributed by atoms with van der Waals surface area (Å²) in [5.41, 5.74) is 10.2. The summed E-state index contributed by atoms with van der Waals surface area (Å²) in [6.07, 6.45) is 2.07. The fourth-order valence-electron chi connectivity index (χ4n) is 2.34. The molecule has 0 radical (unpaired) electrons. The topological polar surface area (TPSA) is 65.9 Å². The van der Waals surface area contributed by atoms with Gasteiger partial charge in [-0.2, -0.15) is 5.26 Å². The van der Waals surface area contributed by atoms with Crippen LogP contribution in [-0.4, -0.2) is 4.98 Å². The van der Waals surface area contributed by atoms with Gasteiger partial charge in [0.05, 0.1) is 45.5 Å². The van der Waals surface area contributed by atoms with E-state index in [4.69, 9.17) is 11.0 Å². The number of nitrogens with two attached hydrogens (primary N) is 1. The average Bonchev–Trinajstić information content (AvgIpc) is 2.56. The second kappa shape index (κ2) is 6.04. The van der Waals surface area contributed by atoms with Crippen molar-refractivity contribution in [3.8, 4) is 6.07 Å². The summed E-state index contributed by atoms with van der Waals surface area (Å²) in [4.78, 5) is 4.37. The Morgan fingerprint density at radius 3 is 2.82 bits per heavy atom. The molecule has 3 aromatic rings. The van der Waals surface area contributed by atoms with Crippen LogP contribution in [0.1, 0.15) is 5.56 Å². The third-order valence-electron chi connectivity index (χ3n) is 3.46. The fraction of sp³-hybridized carbons (Fsp3) is 0.0588. The number of nitriles is 1. The van der Waals surface area contributed by atoms with Gasteiger partial charge >= 0.3 is 0 Å². The first-order chi connectivity index (χ1) is 10.7. The largest absolute Gasteiger partial charge is 0.398 e. The smallest absolute Gasteiger partial charge is 0.0723 e. The zero-order chi connectivity index (χ0) is 15.5. The Bertz CT molecular complexity index is 865. The molecule has 3 rings (SSSR count). The highest BCUT2D eigenvalue weighted by Gasteiger charge is 2.11. The third kappa shape index (κ3) is 2.61. The molecule has 0 fully saturated rings. The molecule has 0 unspecified atom stereocenters. The lowest BCUT2D eigenvalue weighted by molar-refractivity contribution is 1.26. The van der Waals surface area contributed by atoms with E-state index in [0.29, 0.717) is 5.69 Å². The normalized spacial score (nSPS) is 10.4. The van der Waals surface area contributed by atoms with Crippen molar-refractivity contribution in [2.45, 2.75) is 6.42 Å². The van der Waals surface area contributed by atoms with Crippen LogP contribution in [0.15, 0.2) is 54.7 Å². The molecule has 108 valence electrons. The fourth-order valence-corrected chi connectivity index (χ4v) is 2.87. The van der Waals surface area contributed by atoms with E-state index in [1.54, 1.807) is 6.20 Å². The average molecular weight is 353 g/mol. The number of nitrogen functional groups attached to an aromatic ring is 1. The minimum atomic E-state index is 0.289. The first-order valence-electron chi connectivity index (χ1n) is 6.75. The van der Waals surface area contributed by atoms with Gasteiger partial charge in [0, 0.05) is 17.3 Å². The number of rotatable bonds is 3. The molecular formula is C17H13BrN4. The van der Waals surface area contributed by atoms with E-state index < -0.39 is 0 Å². The van der Waals surface area contributed by atoms with Crippen LogP contribution < -0.4 is 9.66 Å². The Morgan fingerprint density at radius 1 is 1.18 bits per heavy atom. The Labute approximate surface area is 137 Å². The van der Waals surface area contributed by atoms with Crippen LogP contribution in [0.4, 0.5) is 17.1 Å². The van der Waals surface area contributed by atoms with Crippen molar-refractivity contribution in [2.75, 3.05) is 9.66 Å². The lowest BCUT2D eigenvalue weighted by Crippen LogP contribution is -2.04. The second-order valence-electron chi connectivity index (χ2n) is 4.85. The summed E-state index contributed by atoms with van der Waals surface area (Å²) in [7, 11) is 0. The Hall–Kier alpha value is -2.58. The lowest BCUT2D eigenvalue weighted by atomic mass is 10.1. The molecule has 0 aliphatic carbocycles. The van der Waals surface area contributed by atoms with Gasteiger partial charge in [-0.3, -0.25) is 8.91 Å². The zero-order valence-electron chi connectivity index (χ0n) is 11.7. The number of pyridine rings is 1. The van der Waals surface area contributed by atoms with Crippen LogP contribution in [-0.2, 0) is 6.42 Å². The maximum absolute atomic E-state index is 8.89. The quantitative estimate of drug-likeness (QED) is 0.562. The van der Waals surface area contributed by atoms with Gasteiger partial charge in [0.25, 0.3) is 0 Å². The van der Waals surface area contributed by atoms with E-state index in [1.165, 1.54) is 0 Å². The summed E-state index contributed by atoms with van der Waals surface area (Å²) in [6.45, 7) is 0. The summed E-state index contributed by atoms with van der Waals surface area (Å²) >= 11 is 3.61. The van der Waals surface area contributed by atoms with Crippen molar-refractivity contribution in [1.82, 2.24) is 4.98 Å². The molecule has 5 heteroatoms. The monoisotopic (exact) mass is 352 g/mol. The lowest BCUT2D eigenvalue weighted by Gasteiger charge is -2.19. The molecule has 0 spiro atoms. The molecule has 1 aromatic heterocycles. The van der Waals surface area contributed by atoms with Crippen LogP contribution >= 0.6 is 16.1 Å². The SMILES string of the molecule is N#CCc1cc(N(Br)c2ccnc3ccccc23)ccc1N. The molecule has 4 nitrogen and oxygen atoms in total. The number of para-hydroxylation sites is 1. The van der Waals surface area contributed by atoms with E-state index in [1.807, 2.05) is 52.5 Å². The van der Waals surface area contributed by atoms with Crippen molar-refractivity contribution in [3.63, 3.8) is 0 Å². The van der Waals surface area contributed by atoms with Crippen LogP contribution in [0.3, 0.4) is 0 Å². The van der Waals surface area contributed by atoms with Gasteiger partial charge in [-0.25, -0.2) is 0 Å². The number of aromatic nitrogens is 1. The van der Waals surface area contributed by atoms with Gasteiger partial charge < -0.3 is 5.73 Å². The molecule has 1 heterocycles. The Kier molecular flexibility index (Phi) is 3.94. The summed E-state index contributed by atoms with van der Waals surface area (Å²) < 4.78 is 1.90. The van der Waals surface area contributed by atoms with Gasteiger partial charge in [-0.15, -0.1) is 0 Å².